The van der Waals surface area contributed by atoms with Crippen LogP contribution in [0.25, 0.3) is 0 Å². The molecule has 0 spiro atoms. The first-order chi connectivity index (χ1) is 9.63. The summed E-state index contributed by atoms with van der Waals surface area (Å²) in [5.41, 5.74) is 3.88. The molecule has 1 aliphatic heterocycles. The second kappa shape index (κ2) is 5.31. The summed E-state index contributed by atoms with van der Waals surface area (Å²) in [6.45, 7) is 7.65. The fraction of sp³-hybridized carbons (Fsp3) is 0.471. The fourth-order valence-corrected chi connectivity index (χ4v) is 2.98. The van der Waals surface area contributed by atoms with E-state index in [1.807, 2.05) is 0 Å². The third kappa shape index (κ3) is 2.58. The quantitative estimate of drug-likeness (QED) is 0.918. The Morgan fingerprint density at radius 2 is 2.20 bits per heavy atom. The molecule has 1 atom stereocenters. The van der Waals surface area contributed by atoms with Crippen molar-refractivity contribution in [3.8, 4) is 0 Å². The van der Waals surface area contributed by atoms with Crippen molar-refractivity contribution in [3.63, 3.8) is 0 Å². The molecule has 0 fully saturated rings. The first kappa shape index (κ1) is 13.2. The van der Waals surface area contributed by atoms with E-state index >= 15 is 0 Å². The van der Waals surface area contributed by atoms with E-state index in [2.05, 4.69) is 61.1 Å². The SMILES string of the molecule is Cc1cccc(C2CCNc3cc(CC(C)C)nn32)c1. The average Bonchev–Trinajstić information content (AvgIpc) is 2.79. The predicted molar refractivity (Wildman–Crippen MR) is 83.2 cm³/mol. The topological polar surface area (TPSA) is 29.9 Å². The predicted octanol–water partition coefficient (Wildman–Crippen LogP) is 3.80. The standard InChI is InChI=1S/C17H23N3/c1-12(2)9-15-11-17-18-8-7-16(20(17)19-15)14-6-4-5-13(3)10-14/h4-6,10-12,16,18H,7-9H2,1-3H3. The molecule has 0 bridgehead atoms. The molecule has 0 radical (unpaired) electrons. The zero-order valence-corrected chi connectivity index (χ0v) is 12.6. The number of aryl methyl sites for hydroxylation is 1. The van der Waals surface area contributed by atoms with Gasteiger partial charge in [-0.1, -0.05) is 43.7 Å². The van der Waals surface area contributed by atoms with E-state index in [0.29, 0.717) is 12.0 Å². The molecule has 2 aromatic rings. The molecule has 0 amide bonds. The minimum atomic E-state index is 0.368. The van der Waals surface area contributed by atoms with Crippen molar-refractivity contribution in [2.24, 2.45) is 5.92 Å². The Hall–Kier alpha value is -1.77. The van der Waals surface area contributed by atoms with Crippen molar-refractivity contribution in [2.75, 3.05) is 11.9 Å². The second-order valence-electron chi connectivity index (χ2n) is 6.21. The van der Waals surface area contributed by atoms with Gasteiger partial charge in [-0.25, -0.2) is 4.68 Å². The van der Waals surface area contributed by atoms with Crippen molar-refractivity contribution < 1.29 is 0 Å². The molecule has 0 aliphatic carbocycles. The number of nitrogens with zero attached hydrogens (tertiary/aromatic N) is 2. The van der Waals surface area contributed by atoms with E-state index in [9.17, 15) is 0 Å². The van der Waals surface area contributed by atoms with Crippen molar-refractivity contribution in [1.82, 2.24) is 9.78 Å². The van der Waals surface area contributed by atoms with E-state index in [1.54, 1.807) is 0 Å². The van der Waals surface area contributed by atoms with Gasteiger partial charge in [-0.15, -0.1) is 0 Å². The van der Waals surface area contributed by atoms with Crippen LogP contribution in [0.1, 0.15) is 43.1 Å². The molecule has 1 N–H and O–H groups in total. The van der Waals surface area contributed by atoms with Crippen molar-refractivity contribution in [2.45, 2.75) is 39.7 Å². The first-order valence-electron chi connectivity index (χ1n) is 7.52. The summed E-state index contributed by atoms with van der Waals surface area (Å²) in [7, 11) is 0. The van der Waals surface area contributed by atoms with E-state index < -0.39 is 0 Å². The van der Waals surface area contributed by atoms with Gasteiger partial charge < -0.3 is 5.32 Å². The maximum absolute atomic E-state index is 4.83. The van der Waals surface area contributed by atoms with Gasteiger partial charge in [0, 0.05) is 12.6 Å². The van der Waals surface area contributed by atoms with E-state index in [-0.39, 0.29) is 0 Å². The van der Waals surface area contributed by atoms with Crippen LogP contribution in [-0.4, -0.2) is 16.3 Å². The Morgan fingerprint density at radius 1 is 1.35 bits per heavy atom. The molecular formula is C17H23N3. The van der Waals surface area contributed by atoms with Crippen LogP contribution >= 0.6 is 0 Å². The number of aromatic nitrogens is 2. The number of hydrogen-bond donors (Lipinski definition) is 1. The third-order valence-electron chi connectivity index (χ3n) is 3.85. The summed E-state index contributed by atoms with van der Waals surface area (Å²) in [5, 5.41) is 8.30. The van der Waals surface area contributed by atoms with Gasteiger partial charge in [-0.3, -0.25) is 0 Å². The molecule has 0 saturated carbocycles. The van der Waals surface area contributed by atoms with E-state index in [0.717, 1.165) is 19.4 Å². The van der Waals surface area contributed by atoms with Gasteiger partial charge >= 0.3 is 0 Å². The van der Waals surface area contributed by atoms with E-state index in [1.165, 1.54) is 22.6 Å². The Morgan fingerprint density at radius 3 is 2.95 bits per heavy atom. The maximum atomic E-state index is 4.83. The lowest BCUT2D eigenvalue weighted by Crippen LogP contribution is -2.24. The van der Waals surface area contributed by atoms with Crippen LogP contribution in [0.3, 0.4) is 0 Å². The molecule has 3 heteroatoms. The summed E-state index contributed by atoms with van der Waals surface area (Å²) in [5.74, 6) is 1.81. The van der Waals surface area contributed by atoms with Crippen LogP contribution < -0.4 is 5.32 Å². The van der Waals surface area contributed by atoms with Gasteiger partial charge in [0.25, 0.3) is 0 Å². The second-order valence-corrected chi connectivity index (χ2v) is 6.21. The minimum Gasteiger partial charge on any atom is -0.370 e. The molecule has 1 aromatic heterocycles. The molecule has 1 aliphatic rings. The number of hydrogen-bond acceptors (Lipinski definition) is 2. The Bertz CT molecular complexity index is 598. The number of benzene rings is 1. The lowest BCUT2D eigenvalue weighted by Gasteiger charge is -2.26. The third-order valence-corrected chi connectivity index (χ3v) is 3.85. The van der Waals surface area contributed by atoms with Crippen LogP contribution in [0.2, 0.25) is 0 Å². The largest absolute Gasteiger partial charge is 0.370 e. The molecule has 1 aromatic carbocycles. The highest BCUT2D eigenvalue weighted by Gasteiger charge is 2.23. The molecule has 0 saturated heterocycles. The number of rotatable bonds is 3. The van der Waals surface area contributed by atoms with Gasteiger partial charge in [-0.05, 0) is 31.2 Å². The van der Waals surface area contributed by atoms with Crippen LogP contribution in [-0.2, 0) is 6.42 Å². The smallest absolute Gasteiger partial charge is 0.125 e. The van der Waals surface area contributed by atoms with Crippen LogP contribution in [0.15, 0.2) is 30.3 Å². The molecule has 106 valence electrons. The highest BCUT2D eigenvalue weighted by molar-refractivity contribution is 5.42. The number of fused-ring (bicyclic) bond motifs is 1. The van der Waals surface area contributed by atoms with E-state index in [4.69, 9.17) is 5.10 Å². The summed E-state index contributed by atoms with van der Waals surface area (Å²) in [6, 6.07) is 11.4. The molecule has 20 heavy (non-hydrogen) atoms. The molecular weight excluding hydrogens is 246 g/mol. The van der Waals surface area contributed by atoms with Crippen LogP contribution in [0.5, 0.6) is 0 Å². The summed E-state index contributed by atoms with van der Waals surface area (Å²) in [6.07, 6.45) is 2.14. The van der Waals surface area contributed by atoms with Crippen molar-refractivity contribution >= 4 is 5.82 Å². The van der Waals surface area contributed by atoms with Crippen molar-refractivity contribution in [3.05, 3.63) is 47.2 Å². The molecule has 2 heterocycles. The highest BCUT2D eigenvalue weighted by Crippen LogP contribution is 2.30. The van der Waals surface area contributed by atoms with Gasteiger partial charge in [-0.2, -0.15) is 5.10 Å². The van der Waals surface area contributed by atoms with Gasteiger partial charge in [0.2, 0.25) is 0 Å². The highest BCUT2D eigenvalue weighted by atomic mass is 15.4. The van der Waals surface area contributed by atoms with Gasteiger partial charge in [0.15, 0.2) is 0 Å². The normalized spacial score (nSPS) is 17.9. The number of anilines is 1. The lowest BCUT2D eigenvalue weighted by atomic mass is 10.0. The zero-order chi connectivity index (χ0) is 14.1. The Kier molecular flexibility index (Phi) is 3.51. The van der Waals surface area contributed by atoms with Crippen LogP contribution in [0.4, 0.5) is 5.82 Å². The van der Waals surface area contributed by atoms with Gasteiger partial charge in [0.1, 0.15) is 5.82 Å². The molecule has 3 nitrogen and oxygen atoms in total. The average molecular weight is 269 g/mol. The summed E-state index contributed by atoms with van der Waals surface area (Å²) in [4.78, 5) is 0. The summed E-state index contributed by atoms with van der Waals surface area (Å²) >= 11 is 0. The van der Waals surface area contributed by atoms with Gasteiger partial charge in [0.05, 0.1) is 11.7 Å². The minimum absolute atomic E-state index is 0.368. The summed E-state index contributed by atoms with van der Waals surface area (Å²) < 4.78 is 2.18. The Balaban J connectivity index is 1.95. The first-order valence-corrected chi connectivity index (χ1v) is 7.52. The zero-order valence-electron chi connectivity index (χ0n) is 12.6. The van der Waals surface area contributed by atoms with Crippen molar-refractivity contribution in [1.29, 1.82) is 0 Å². The lowest BCUT2D eigenvalue weighted by molar-refractivity contribution is 0.474. The fourth-order valence-electron chi connectivity index (χ4n) is 2.98. The molecule has 3 rings (SSSR count). The van der Waals surface area contributed by atoms with Crippen LogP contribution in [0, 0.1) is 12.8 Å². The Labute approximate surface area is 121 Å². The monoisotopic (exact) mass is 269 g/mol. The number of nitrogens with one attached hydrogen (secondary N) is 1. The maximum Gasteiger partial charge on any atom is 0.125 e. The molecule has 1 unspecified atom stereocenters.